The molecular formula is C34H35F3N4O5S. The van der Waals surface area contributed by atoms with E-state index in [4.69, 9.17) is 14.5 Å². The van der Waals surface area contributed by atoms with Crippen molar-refractivity contribution in [2.24, 2.45) is 5.41 Å². The number of ether oxygens (including phenoxy) is 2. The van der Waals surface area contributed by atoms with Gasteiger partial charge in [-0.15, -0.1) is 0 Å². The van der Waals surface area contributed by atoms with Gasteiger partial charge in [-0.05, 0) is 73.7 Å². The molecule has 5 rings (SSSR count). The Hall–Kier alpha value is -4.65. The standard InChI is InChI=1S/C34H35F3N4O5S/c1-4-23-10-5-6-13-26(23)31-27(24-11-7-12-25(20-24)46-22-34(35,36)37)16-17-28(38-31)40-47(43,44)30-15-8-14-29(39-30)41-19-9-18-33(2,21-41)32(42)45-3/h5-8,10-17,20H,4,9,18-19,21-22H2,1-3H3,(H,38,40). The van der Waals surface area contributed by atoms with Crippen LogP contribution in [0, 0.1) is 5.41 Å². The fourth-order valence-corrected chi connectivity index (χ4v) is 6.67. The van der Waals surface area contributed by atoms with Crippen molar-refractivity contribution in [2.75, 3.05) is 36.4 Å². The molecule has 47 heavy (non-hydrogen) atoms. The van der Waals surface area contributed by atoms with E-state index in [-0.39, 0.29) is 22.6 Å². The number of alkyl halides is 3. The zero-order valence-corrected chi connectivity index (χ0v) is 27.0. The molecule has 1 atom stereocenters. The number of anilines is 2. The molecule has 0 radical (unpaired) electrons. The van der Waals surface area contributed by atoms with Gasteiger partial charge in [0.05, 0.1) is 18.2 Å². The Bertz CT molecular complexity index is 1870. The van der Waals surface area contributed by atoms with E-state index in [0.717, 1.165) is 11.1 Å². The Morgan fingerprint density at radius 2 is 1.77 bits per heavy atom. The van der Waals surface area contributed by atoms with Gasteiger partial charge in [0.25, 0.3) is 10.0 Å². The summed E-state index contributed by atoms with van der Waals surface area (Å²) in [5, 5.41) is -0.226. The lowest BCUT2D eigenvalue weighted by Crippen LogP contribution is -2.47. The predicted octanol–water partition coefficient (Wildman–Crippen LogP) is 6.89. The Labute approximate surface area is 271 Å². The van der Waals surface area contributed by atoms with Crippen LogP contribution in [-0.4, -0.2) is 57.3 Å². The first kappa shape index (κ1) is 33.7. The number of halogens is 3. The minimum absolute atomic E-state index is 0.0302. The van der Waals surface area contributed by atoms with Gasteiger partial charge in [-0.3, -0.25) is 9.52 Å². The number of sulfonamides is 1. The van der Waals surface area contributed by atoms with Crippen LogP contribution in [0.3, 0.4) is 0 Å². The van der Waals surface area contributed by atoms with E-state index in [1.54, 1.807) is 30.3 Å². The van der Waals surface area contributed by atoms with Gasteiger partial charge in [0, 0.05) is 24.2 Å². The fraction of sp³-hybridized carbons (Fsp3) is 0.324. The van der Waals surface area contributed by atoms with E-state index in [1.807, 2.05) is 43.0 Å². The van der Waals surface area contributed by atoms with Gasteiger partial charge in [0.15, 0.2) is 11.6 Å². The molecule has 2 aromatic heterocycles. The summed E-state index contributed by atoms with van der Waals surface area (Å²) >= 11 is 0. The number of piperidine rings is 1. The highest BCUT2D eigenvalue weighted by Gasteiger charge is 2.39. The summed E-state index contributed by atoms with van der Waals surface area (Å²) in [7, 11) is -2.86. The number of esters is 1. The van der Waals surface area contributed by atoms with Crippen LogP contribution in [0.1, 0.15) is 32.3 Å². The molecule has 3 heterocycles. The molecule has 9 nitrogen and oxygen atoms in total. The van der Waals surface area contributed by atoms with Crippen molar-refractivity contribution in [3.05, 3.63) is 84.4 Å². The summed E-state index contributed by atoms with van der Waals surface area (Å²) in [5.41, 5.74) is 2.50. The first-order valence-corrected chi connectivity index (χ1v) is 16.5. The molecule has 248 valence electrons. The third-order valence-electron chi connectivity index (χ3n) is 8.02. The molecular weight excluding hydrogens is 633 g/mol. The van der Waals surface area contributed by atoms with E-state index in [9.17, 15) is 26.4 Å². The molecule has 0 aliphatic carbocycles. The summed E-state index contributed by atoms with van der Waals surface area (Å²) in [5.74, 6) is 0.146. The number of nitrogens with zero attached hydrogens (tertiary/aromatic N) is 3. The summed E-state index contributed by atoms with van der Waals surface area (Å²) in [4.78, 5) is 23.5. The molecule has 1 unspecified atom stereocenters. The first-order valence-electron chi connectivity index (χ1n) is 15.0. The summed E-state index contributed by atoms with van der Waals surface area (Å²) in [6, 6.07) is 21.6. The van der Waals surface area contributed by atoms with E-state index >= 15 is 0 Å². The van der Waals surface area contributed by atoms with Crippen LogP contribution in [0.2, 0.25) is 0 Å². The van der Waals surface area contributed by atoms with Crippen molar-refractivity contribution in [3.8, 4) is 28.1 Å². The van der Waals surface area contributed by atoms with Crippen LogP contribution >= 0.6 is 0 Å². The van der Waals surface area contributed by atoms with Crippen LogP contribution in [0.4, 0.5) is 24.8 Å². The Balaban J connectivity index is 1.48. The highest BCUT2D eigenvalue weighted by Crippen LogP contribution is 2.37. The lowest BCUT2D eigenvalue weighted by molar-refractivity contribution is -0.153. The summed E-state index contributed by atoms with van der Waals surface area (Å²) in [6.45, 7) is 3.30. The quantitative estimate of drug-likeness (QED) is 0.182. The van der Waals surface area contributed by atoms with Crippen molar-refractivity contribution in [1.82, 2.24) is 9.97 Å². The Morgan fingerprint density at radius 1 is 1.00 bits per heavy atom. The van der Waals surface area contributed by atoms with E-state index in [2.05, 4.69) is 9.71 Å². The normalized spacial score (nSPS) is 16.9. The molecule has 1 saturated heterocycles. The average molecular weight is 669 g/mol. The topological polar surface area (TPSA) is 111 Å². The molecule has 2 aromatic carbocycles. The predicted molar refractivity (Wildman–Crippen MR) is 173 cm³/mol. The maximum Gasteiger partial charge on any atom is 0.422 e. The van der Waals surface area contributed by atoms with Crippen LogP contribution in [0.5, 0.6) is 5.75 Å². The molecule has 1 aliphatic rings. The van der Waals surface area contributed by atoms with Gasteiger partial charge in [-0.25, -0.2) is 9.97 Å². The van der Waals surface area contributed by atoms with Gasteiger partial charge in [-0.2, -0.15) is 21.6 Å². The van der Waals surface area contributed by atoms with Crippen molar-refractivity contribution in [1.29, 1.82) is 0 Å². The van der Waals surface area contributed by atoms with Crippen molar-refractivity contribution in [3.63, 3.8) is 0 Å². The number of carbonyl (C=O) groups excluding carboxylic acids is 1. The third kappa shape index (κ3) is 7.84. The molecule has 1 aliphatic heterocycles. The van der Waals surface area contributed by atoms with Crippen LogP contribution in [-0.2, 0) is 26.0 Å². The fourth-order valence-electron chi connectivity index (χ4n) is 5.70. The number of benzene rings is 2. The number of hydrogen-bond donors (Lipinski definition) is 1. The summed E-state index contributed by atoms with van der Waals surface area (Å²) in [6.07, 6.45) is -2.48. The zero-order chi connectivity index (χ0) is 33.8. The number of aromatic nitrogens is 2. The van der Waals surface area contributed by atoms with Crippen molar-refractivity contribution < 1.29 is 35.9 Å². The molecule has 0 spiro atoms. The highest BCUT2D eigenvalue weighted by atomic mass is 32.2. The van der Waals surface area contributed by atoms with E-state index < -0.39 is 28.2 Å². The monoisotopic (exact) mass is 668 g/mol. The molecule has 1 N–H and O–H groups in total. The van der Waals surface area contributed by atoms with Crippen molar-refractivity contribution >= 4 is 27.6 Å². The van der Waals surface area contributed by atoms with E-state index in [0.29, 0.717) is 55.0 Å². The minimum Gasteiger partial charge on any atom is -0.484 e. The molecule has 1 fully saturated rings. The molecule has 4 aromatic rings. The number of aryl methyl sites for hydroxylation is 1. The average Bonchev–Trinajstić information content (AvgIpc) is 3.06. The Morgan fingerprint density at radius 3 is 2.51 bits per heavy atom. The lowest BCUT2D eigenvalue weighted by Gasteiger charge is -2.39. The number of methoxy groups -OCH3 is 1. The second kappa shape index (κ2) is 13.6. The smallest absolute Gasteiger partial charge is 0.422 e. The Kier molecular flexibility index (Phi) is 9.76. The number of carbonyl (C=O) groups is 1. The van der Waals surface area contributed by atoms with Gasteiger partial charge >= 0.3 is 12.1 Å². The number of pyridine rings is 2. The maximum absolute atomic E-state index is 13.6. The van der Waals surface area contributed by atoms with Gasteiger partial charge < -0.3 is 14.4 Å². The van der Waals surface area contributed by atoms with Gasteiger partial charge in [0.1, 0.15) is 17.4 Å². The van der Waals surface area contributed by atoms with Gasteiger partial charge in [0.2, 0.25) is 0 Å². The largest absolute Gasteiger partial charge is 0.484 e. The third-order valence-corrected chi connectivity index (χ3v) is 9.27. The first-order chi connectivity index (χ1) is 22.3. The number of hydrogen-bond acceptors (Lipinski definition) is 8. The van der Waals surface area contributed by atoms with E-state index in [1.165, 1.54) is 31.4 Å². The SMILES string of the molecule is CCc1ccccc1-c1nc(NS(=O)(=O)c2cccc(N3CCCC(C)(C(=O)OC)C3)n2)ccc1-c1cccc(OCC(F)(F)F)c1. The zero-order valence-electron chi connectivity index (χ0n) is 26.2. The van der Waals surface area contributed by atoms with Crippen LogP contribution in [0.15, 0.2) is 83.9 Å². The van der Waals surface area contributed by atoms with Gasteiger partial charge in [-0.1, -0.05) is 49.4 Å². The summed E-state index contributed by atoms with van der Waals surface area (Å²) < 4.78 is 78.2. The second-order valence-corrected chi connectivity index (χ2v) is 13.2. The van der Waals surface area contributed by atoms with Crippen LogP contribution in [0.25, 0.3) is 22.4 Å². The molecule has 0 amide bonds. The number of nitrogens with one attached hydrogen (secondary N) is 1. The maximum atomic E-state index is 13.6. The highest BCUT2D eigenvalue weighted by molar-refractivity contribution is 7.92. The van der Waals surface area contributed by atoms with Crippen molar-refractivity contribution in [2.45, 2.75) is 44.3 Å². The molecule has 0 saturated carbocycles. The second-order valence-electron chi connectivity index (χ2n) is 11.6. The van der Waals surface area contributed by atoms with Crippen LogP contribution < -0.4 is 14.4 Å². The lowest BCUT2D eigenvalue weighted by atomic mass is 9.82. The molecule has 13 heteroatoms. The molecule has 0 bridgehead atoms. The minimum atomic E-state index is -4.49. The number of rotatable bonds is 10.